The molecule has 4 rings (SSSR count). The van der Waals surface area contributed by atoms with Crippen molar-refractivity contribution in [2.45, 2.75) is 25.3 Å². The number of carbonyl (C=O) groups excluding carboxylic acids is 1. The molecule has 0 spiro atoms. The third-order valence-electron chi connectivity index (χ3n) is 5.15. The third kappa shape index (κ3) is 2.83. The molecule has 2 aromatic carbocycles. The second kappa shape index (κ2) is 6.29. The number of amides is 1. The number of fused-ring (bicyclic) bond motifs is 3. The van der Waals surface area contributed by atoms with Gasteiger partial charge in [0.25, 0.3) is 5.69 Å². The fraction of sp³-hybridized carbons (Fsp3) is 0.250. The lowest BCUT2D eigenvalue weighted by Crippen LogP contribution is -2.29. The SMILES string of the molecule is CC(=O)Nc1ccc2c(c1)C1C=CCC1C(c1ccc([N+](=O)[O-])cc1)N2. The first-order valence-corrected chi connectivity index (χ1v) is 8.62. The Hall–Kier alpha value is -3.15. The Balaban J connectivity index is 1.68. The highest BCUT2D eigenvalue weighted by Crippen LogP contribution is 2.50. The summed E-state index contributed by atoms with van der Waals surface area (Å²) in [5.41, 5.74) is 4.16. The zero-order valence-corrected chi connectivity index (χ0v) is 14.3. The first kappa shape index (κ1) is 16.3. The fourth-order valence-corrected chi connectivity index (χ4v) is 4.01. The van der Waals surface area contributed by atoms with Crippen molar-refractivity contribution in [2.75, 3.05) is 10.6 Å². The van der Waals surface area contributed by atoms with Crippen LogP contribution in [0, 0.1) is 16.0 Å². The molecule has 0 bridgehead atoms. The van der Waals surface area contributed by atoms with Gasteiger partial charge in [0.15, 0.2) is 0 Å². The lowest BCUT2D eigenvalue weighted by atomic mass is 9.77. The van der Waals surface area contributed by atoms with Crippen molar-refractivity contribution in [1.29, 1.82) is 0 Å². The van der Waals surface area contributed by atoms with Gasteiger partial charge in [-0.25, -0.2) is 0 Å². The topological polar surface area (TPSA) is 84.3 Å². The summed E-state index contributed by atoms with van der Waals surface area (Å²) in [6.07, 6.45) is 5.36. The van der Waals surface area contributed by atoms with Crippen LogP contribution < -0.4 is 10.6 Å². The van der Waals surface area contributed by atoms with Gasteiger partial charge in [-0.2, -0.15) is 0 Å². The molecule has 0 fully saturated rings. The highest BCUT2D eigenvalue weighted by atomic mass is 16.6. The Morgan fingerprint density at radius 2 is 2.00 bits per heavy atom. The van der Waals surface area contributed by atoms with Gasteiger partial charge in [-0.15, -0.1) is 0 Å². The predicted molar refractivity (Wildman–Crippen MR) is 100 cm³/mol. The van der Waals surface area contributed by atoms with E-state index in [0.717, 1.165) is 23.4 Å². The van der Waals surface area contributed by atoms with E-state index in [1.807, 2.05) is 30.3 Å². The van der Waals surface area contributed by atoms with Crippen LogP contribution >= 0.6 is 0 Å². The minimum absolute atomic E-state index is 0.0870. The van der Waals surface area contributed by atoms with E-state index in [1.54, 1.807) is 12.1 Å². The molecule has 26 heavy (non-hydrogen) atoms. The molecule has 0 radical (unpaired) electrons. The van der Waals surface area contributed by atoms with E-state index in [4.69, 9.17) is 0 Å². The van der Waals surface area contributed by atoms with Crippen LogP contribution in [0.1, 0.15) is 36.4 Å². The first-order chi connectivity index (χ1) is 12.5. The molecule has 2 aromatic rings. The molecule has 6 nitrogen and oxygen atoms in total. The molecule has 0 saturated carbocycles. The summed E-state index contributed by atoms with van der Waals surface area (Å²) in [5.74, 6) is 0.521. The van der Waals surface area contributed by atoms with Crippen LogP contribution in [0.3, 0.4) is 0 Å². The maximum Gasteiger partial charge on any atom is 0.269 e. The maximum absolute atomic E-state index is 11.3. The van der Waals surface area contributed by atoms with Crippen molar-refractivity contribution >= 4 is 23.0 Å². The molecule has 3 atom stereocenters. The molecule has 2 aliphatic rings. The fourth-order valence-electron chi connectivity index (χ4n) is 4.01. The van der Waals surface area contributed by atoms with Crippen LogP contribution in [0.4, 0.5) is 17.1 Å². The number of nitrogens with one attached hydrogen (secondary N) is 2. The molecule has 6 heteroatoms. The van der Waals surface area contributed by atoms with E-state index in [9.17, 15) is 14.9 Å². The van der Waals surface area contributed by atoms with E-state index < -0.39 is 0 Å². The average molecular weight is 349 g/mol. The number of nitro groups is 1. The Morgan fingerprint density at radius 1 is 1.23 bits per heavy atom. The van der Waals surface area contributed by atoms with E-state index in [2.05, 4.69) is 22.8 Å². The van der Waals surface area contributed by atoms with Crippen LogP contribution in [0.2, 0.25) is 0 Å². The molecular weight excluding hydrogens is 330 g/mol. The molecule has 0 saturated heterocycles. The standard InChI is InChI=1S/C20H19N3O3/c1-12(24)21-14-7-10-19-18(11-14)16-3-2-4-17(16)20(22-19)13-5-8-15(9-6-13)23(25)26/h2-3,5-11,16-17,20,22H,4H2,1H3,(H,21,24). The molecular formula is C20H19N3O3. The summed E-state index contributed by atoms with van der Waals surface area (Å²) in [4.78, 5) is 21.8. The first-order valence-electron chi connectivity index (χ1n) is 8.62. The highest BCUT2D eigenvalue weighted by Gasteiger charge is 2.38. The number of hydrogen-bond acceptors (Lipinski definition) is 4. The zero-order chi connectivity index (χ0) is 18.3. The zero-order valence-electron chi connectivity index (χ0n) is 14.3. The number of non-ortho nitro benzene ring substituents is 1. The van der Waals surface area contributed by atoms with Gasteiger partial charge in [-0.3, -0.25) is 14.9 Å². The van der Waals surface area contributed by atoms with Crippen molar-refractivity contribution in [3.63, 3.8) is 0 Å². The van der Waals surface area contributed by atoms with Crippen molar-refractivity contribution in [3.8, 4) is 0 Å². The molecule has 3 unspecified atom stereocenters. The van der Waals surface area contributed by atoms with Gasteiger partial charge < -0.3 is 10.6 Å². The molecule has 0 aromatic heterocycles. The van der Waals surface area contributed by atoms with E-state index in [-0.39, 0.29) is 28.5 Å². The van der Waals surface area contributed by atoms with Gasteiger partial charge in [0.2, 0.25) is 5.91 Å². The highest BCUT2D eigenvalue weighted by molar-refractivity contribution is 5.89. The van der Waals surface area contributed by atoms with Gasteiger partial charge in [0.05, 0.1) is 11.0 Å². The van der Waals surface area contributed by atoms with Gasteiger partial charge in [0.1, 0.15) is 0 Å². The number of hydrogen-bond donors (Lipinski definition) is 2. The maximum atomic E-state index is 11.3. The number of benzene rings is 2. The number of nitrogens with zero attached hydrogens (tertiary/aromatic N) is 1. The summed E-state index contributed by atoms with van der Waals surface area (Å²) in [5, 5.41) is 17.3. The molecule has 2 N–H and O–H groups in total. The molecule has 1 aliphatic carbocycles. The van der Waals surface area contributed by atoms with Crippen LogP contribution in [0.5, 0.6) is 0 Å². The van der Waals surface area contributed by atoms with Gasteiger partial charge >= 0.3 is 0 Å². The molecule has 1 amide bonds. The van der Waals surface area contributed by atoms with E-state index in [0.29, 0.717) is 5.92 Å². The minimum Gasteiger partial charge on any atom is -0.378 e. The third-order valence-corrected chi connectivity index (χ3v) is 5.15. The minimum atomic E-state index is -0.378. The molecule has 1 aliphatic heterocycles. The van der Waals surface area contributed by atoms with Crippen LogP contribution in [-0.2, 0) is 4.79 Å². The van der Waals surface area contributed by atoms with Crippen molar-refractivity contribution in [2.24, 2.45) is 5.92 Å². The average Bonchev–Trinajstić information content (AvgIpc) is 3.11. The summed E-state index contributed by atoms with van der Waals surface area (Å²) >= 11 is 0. The van der Waals surface area contributed by atoms with Crippen LogP contribution in [-0.4, -0.2) is 10.8 Å². The second-order valence-electron chi connectivity index (χ2n) is 6.81. The lowest BCUT2D eigenvalue weighted by Gasteiger charge is -2.37. The second-order valence-corrected chi connectivity index (χ2v) is 6.81. The van der Waals surface area contributed by atoms with Gasteiger partial charge in [0, 0.05) is 36.3 Å². The van der Waals surface area contributed by atoms with Crippen LogP contribution in [0.15, 0.2) is 54.6 Å². The molecule has 132 valence electrons. The van der Waals surface area contributed by atoms with Gasteiger partial charge in [-0.1, -0.05) is 24.3 Å². The Morgan fingerprint density at radius 3 is 2.69 bits per heavy atom. The van der Waals surface area contributed by atoms with E-state index in [1.165, 1.54) is 12.5 Å². The summed E-state index contributed by atoms with van der Waals surface area (Å²) in [6.45, 7) is 1.50. The normalized spacial score (nSPS) is 22.9. The number of carbonyl (C=O) groups is 1. The number of anilines is 2. The summed E-state index contributed by atoms with van der Waals surface area (Å²) < 4.78 is 0. The van der Waals surface area contributed by atoms with E-state index >= 15 is 0 Å². The Kier molecular flexibility index (Phi) is 3.95. The quantitative estimate of drug-likeness (QED) is 0.489. The molecule has 1 heterocycles. The van der Waals surface area contributed by atoms with Gasteiger partial charge in [-0.05, 0) is 41.7 Å². The number of allylic oxidation sites excluding steroid dienone is 2. The largest absolute Gasteiger partial charge is 0.378 e. The number of rotatable bonds is 3. The van der Waals surface area contributed by atoms with Crippen molar-refractivity contribution < 1.29 is 9.72 Å². The Labute approximate surface area is 151 Å². The predicted octanol–water partition coefficient (Wildman–Crippen LogP) is 4.38. The van der Waals surface area contributed by atoms with Crippen molar-refractivity contribution in [1.82, 2.24) is 0 Å². The Bertz CT molecular complexity index is 905. The number of nitro benzene ring substituents is 1. The van der Waals surface area contributed by atoms with Crippen molar-refractivity contribution in [3.05, 3.63) is 75.9 Å². The summed E-state index contributed by atoms with van der Waals surface area (Å²) in [7, 11) is 0. The lowest BCUT2D eigenvalue weighted by molar-refractivity contribution is -0.384. The van der Waals surface area contributed by atoms with Crippen LogP contribution in [0.25, 0.3) is 0 Å². The smallest absolute Gasteiger partial charge is 0.269 e. The monoisotopic (exact) mass is 349 g/mol. The summed E-state index contributed by atoms with van der Waals surface area (Å²) in [6, 6.07) is 12.8.